The number of aromatic nitrogens is 1. The van der Waals surface area contributed by atoms with E-state index in [0.29, 0.717) is 11.9 Å². The summed E-state index contributed by atoms with van der Waals surface area (Å²) in [4.78, 5) is 9.35. The van der Waals surface area contributed by atoms with Gasteiger partial charge in [0, 0.05) is 19.0 Å². The quantitative estimate of drug-likeness (QED) is 0.824. The Balaban J connectivity index is 1.34. The molecule has 3 saturated heterocycles. The van der Waals surface area contributed by atoms with Gasteiger partial charge in [-0.05, 0) is 31.0 Å². The molecule has 0 aliphatic carbocycles. The maximum absolute atomic E-state index is 6.44. The summed E-state index contributed by atoms with van der Waals surface area (Å²) < 4.78 is 14.2. The number of amidine groups is 1. The molecule has 4 aliphatic rings. The predicted octanol–water partition coefficient (Wildman–Crippen LogP) is 1.36. The minimum absolute atomic E-state index is 0.0412. The van der Waals surface area contributed by atoms with E-state index in [-0.39, 0.29) is 13.6 Å². The number of anilines is 1. The van der Waals surface area contributed by atoms with Crippen LogP contribution in [0.5, 0.6) is 5.75 Å². The third-order valence-corrected chi connectivity index (χ3v) is 6.36. The lowest BCUT2D eigenvalue weighted by Gasteiger charge is -2.60. The Morgan fingerprint density at radius 2 is 2.24 bits per heavy atom. The van der Waals surface area contributed by atoms with Crippen LogP contribution in [0.3, 0.4) is 0 Å². The zero-order valence-electron chi connectivity index (χ0n) is 13.6. The van der Waals surface area contributed by atoms with Crippen LogP contribution in [0.15, 0.2) is 23.2 Å². The first-order chi connectivity index (χ1) is 12.1. The minimum Gasteiger partial charge on any atom is -0.519 e. The third-order valence-electron chi connectivity index (χ3n) is 5.42. The zero-order valence-corrected chi connectivity index (χ0v) is 14.4. The van der Waals surface area contributed by atoms with Gasteiger partial charge in [-0.25, -0.2) is 9.98 Å². The Kier molecular flexibility index (Phi) is 3.31. The molecule has 6 rings (SSSR count). The molecule has 0 saturated carbocycles. The highest BCUT2D eigenvalue weighted by Crippen LogP contribution is 2.43. The van der Waals surface area contributed by atoms with E-state index in [1.165, 1.54) is 36.9 Å². The molecule has 1 aromatic heterocycles. The maximum Gasteiger partial charge on any atom is 0.292 e. The molecule has 2 bridgehead atoms. The van der Waals surface area contributed by atoms with Gasteiger partial charge in [0.05, 0.1) is 30.4 Å². The fourth-order valence-corrected chi connectivity index (χ4v) is 5.01. The van der Waals surface area contributed by atoms with Crippen LogP contribution in [0.1, 0.15) is 12.8 Å². The van der Waals surface area contributed by atoms with Gasteiger partial charge in [0.2, 0.25) is 0 Å². The number of hydrogen-bond donors (Lipinski definition) is 1. The topological polar surface area (TPSA) is 55.7 Å². The van der Waals surface area contributed by atoms with Crippen LogP contribution in [0.25, 0.3) is 10.2 Å². The fourth-order valence-electron chi connectivity index (χ4n) is 4.12. The number of thiazole rings is 1. The number of rotatable bonds is 2. The van der Waals surface area contributed by atoms with Crippen LogP contribution < -0.4 is 10.1 Å². The Hall–Kier alpha value is -1.80. The van der Waals surface area contributed by atoms with E-state index < -0.39 is 0 Å². The lowest BCUT2D eigenvalue weighted by molar-refractivity contribution is -0.845. The Bertz CT molecular complexity index is 861. The van der Waals surface area contributed by atoms with Crippen LogP contribution in [0.4, 0.5) is 5.13 Å². The molecule has 0 radical (unpaired) electrons. The lowest BCUT2D eigenvalue weighted by atomic mass is 9.72. The molecule has 132 valence electrons. The summed E-state index contributed by atoms with van der Waals surface area (Å²) in [6.07, 6.45) is 2.63. The molecule has 0 amide bonds. The molecular formula is C17H23BN4O2S. The standard InChI is InChI=1S/C17H23BN4O2S/c1-23-12-2-3-13-14(8-12)25-16(20-13)21-15-19-9-17(24-15)10-22(18)6-4-11(17)5-7-22/h2-3,8,11H,4-7,9-10H2,1,18H3,(H,19,20,21). The zero-order chi connectivity index (χ0) is 17.1. The van der Waals surface area contributed by atoms with Crippen LogP contribution in [0, 0.1) is 5.92 Å². The smallest absolute Gasteiger partial charge is 0.292 e. The number of methoxy groups -OCH3 is 1. The Labute approximate surface area is 151 Å². The highest BCUT2D eigenvalue weighted by Gasteiger charge is 2.55. The summed E-state index contributed by atoms with van der Waals surface area (Å²) in [6, 6.07) is 6.60. The van der Waals surface area contributed by atoms with E-state index in [1.54, 1.807) is 18.4 Å². The first kappa shape index (κ1) is 15.5. The number of ether oxygens (including phenoxy) is 2. The monoisotopic (exact) mass is 358 g/mol. The van der Waals surface area contributed by atoms with Gasteiger partial charge in [-0.2, -0.15) is 0 Å². The molecule has 1 unspecified atom stereocenters. The van der Waals surface area contributed by atoms with Crippen LogP contribution in [-0.4, -0.2) is 62.3 Å². The van der Waals surface area contributed by atoms with Crippen molar-refractivity contribution in [2.75, 3.05) is 38.6 Å². The largest absolute Gasteiger partial charge is 0.519 e. The average molecular weight is 358 g/mol. The Morgan fingerprint density at radius 3 is 3.00 bits per heavy atom. The lowest BCUT2D eigenvalue weighted by Crippen LogP contribution is -2.69. The summed E-state index contributed by atoms with van der Waals surface area (Å²) in [5.41, 5.74) is 0.929. The minimum atomic E-state index is -0.0412. The van der Waals surface area contributed by atoms with Crippen molar-refractivity contribution in [3.8, 4) is 5.75 Å². The van der Waals surface area contributed by atoms with E-state index in [9.17, 15) is 0 Å². The second-order valence-electron chi connectivity index (χ2n) is 6.82. The number of nitrogens with zero attached hydrogens (tertiary/aromatic N) is 3. The van der Waals surface area contributed by atoms with Crippen LogP contribution >= 0.6 is 11.3 Å². The van der Waals surface area contributed by atoms with Gasteiger partial charge < -0.3 is 13.9 Å². The van der Waals surface area contributed by atoms with Gasteiger partial charge in [-0.15, -0.1) is 0 Å². The summed E-state index contributed by atoms with van der Waals surface area (Å²) in [6.45, 7) is 4.77. The molecule has 4 aliphatic heterocycles. The molecular weight excluding hydrogens is 335 g/mol. The van der Waals surface area contributed by atoms with Crippen molar-refractivity contribution in [3.63, 3.8) is 0 Å². The average Bonchev–Trinajstić information content (AvgIpc) is 3.18. The molecule has 6 nitrogen and oxygen atoms in total. The highest BCUT2D eigenvalue weighted by atomic mass is 32.1. The molecule has 1 N–H and O–H groups in total. The van der Waals surface area contributed by atoms with E-state index in [1.807, 2.05) is 18.2 Å². The summed E-state index contributed by atoms with van der Waals surface area (Å²) in [5.74, 6) is 1.53. The van der Waals surface area contributed by atoms with Crippen molar-refractivity contribution in [2.24, 2.45) is 10.9 Å². The van der Waals surface area contributed by atoms with Gasteiger partial charge in [0.1, 0.15) is 5.75 Å². The summed E-state index contributed by atoms with van der Waals surface area (Å²) in [5, 5.41) is 4.15. The van der Waals surface area contributed by atoms with E-state index >= 15 is 0 Å². The second kappa shape index (κ2) is 5.35. The van der Waals surface area contributed by atoms with Crippen molar-refractivity contribution >= 4 is 40.7 Å². The number of nitrogens with one attached hydrogen (secondary N) is 1. The number of hydrogen-bond acceptors (Lipinski definition) is 6. The molecule has 1 spiro atoms. The number of quaternary nitrogens is 1. The number of piperidine rings is 3. The van der Waals surface area contributed by atoms with E-state index in [4.69, 9.17) is 14.5 Å². The van der Waals surface area contributed by atoms with Crippen molar-refractivity contribution in [1.82, 2.24) is 4.98 Å². The summed E-state index contributed by atoms with van der Waals surface area (Å²) >= 11 is 1.61. The SMILES string of the molecule is [BH3-][N+]12CCC(CC1)C1(CN=C(Nc3nc4ccc(OC)cc4s3)O1)C2. The maximum atomic E-state index is 6.44. The first-order valence-corrected chi connectivity index (χ1v) is 9.23. The van der Waals surface area contributed by atoms with Crippen molar-refractivity contribution in [3.05, 3.63) is 18.2 Å². The molecule has 1 atom stereocenters. The van der Waals surface area contributed by atoms with Crippen LogP contribution in [-0.2, 0) is 4.74 Å². The molecule has 5 heterocycles. The highest BCUT2D eigenvalue weighted by molar-refractivity contribution is 7.22. The van der Waals surface area contributed by atoms with E-state index in [0.717, 1.165) is 27.6 Å². The third kappa shape index (κ3) is 2.50. The summed E-state index contributed by atoms with van der Waals surface area (Å²) in [7, 11) is 1.97. The van der Waals surface area contributed by atoms with Crippen molar-refractivity contribution < 1.29 is 13.9 Å². The van der Waals surface area contributed by atoms with Crippen LogP contribution in [0.2, 0.25) is 0 Å². The van der Waals surface area contributed by atoms with Gasteiger partial charge in [0.25, 0.3) is 6.02 Å². The first-order valence-electron chi connectivity index (χ1n) is 8.41. The normalized spacial score (nSPS) is 33.5. The van der Waals surface area contributed by atoms with Gasteiger partial charge in [0.15, 0.2) is 18.7 Å². The van der Waals surface area contributed by atoms with Gasteiger partial charge in [-0.1, -0.05) is 11.3 Å². The molecule has 2 aromatic rings. The molecule has 25 heavy (non-hydrogen) atoms. The van der Waals surface area contributed by atoms with E-state index in [2.05, 4.69) is 10.3 Å². The number of aliphatic imine (C=N–C) groups is 1. The molecule has 3 fully saturated rings. The Morgan fingerprint density at radius 1 is 1.40 bits per heavy atom. The number of benzene rings is 1. The van der Waals surface area contributed by atoms with Crippen molar-refractivity contribution in [2.45, 2.75) is 18.4 Å². The van der Waals surface area contributed by atoms with Crippen molar-refractivity contribution in [1.29, 1.82) is 0 Å². The molecule has 8 heteroatoms. The predicted molar refractivity (Wildman–Crippen MR) is 103 cm³/mol. The number of fused-ring (bicyclic) bond motifs is 3. The fraction of sp³-hybridized carbons (Fsp3) is 0.529. The second-order valence-corrected chi connectivity index (χ2v) is 7.85. The van der Waals surface area contributed by atoms with Gasteiger partial charge >= 0.3 is 0 Å². The van der Waals surface area contributed by atoms with Gasteiger partial charge in [-0.3, -0.25) is 5.32 Å². The molecule has 1 aromatic carbocycles.